The molecule has 0 radical (unpaired) electrons. The summed E-state index contributed by atoms with van der Waals surface area (Å²) in [4.78, 5) is 15.7. The van der Waals surface area contributed by atoms with Gasteiger partial charge in [0.1, 0.15) is 5.15 Å². The molecule has 0 bridgehead atoms. The van der Waals surface area contributed by atoms with Gasteiger partial charge in [0.15, 0.2) is 0 Å². The van der Waals surface area contributed by atoms with Gasteiger partial charge in [0.2, 0.25) is 0 Å². The number of halogens is 2. The van der Waals surface area contributed by atoms with Gasteiger partial charge in [-0.3, -0.25) is 4.79 Å². The third-order valence-corrected chi connectivity index (χ3v) is 4.06. The number of nitrogens with one attached hydrogen (secondary N) is 1. The molecule has 0 aliphatic heterocycles. The highest BCUT2D eigenvalue weighted by atomic mass is 79.9. The number of rotatable bonds is 5. The Morgan fingerprint density at radius 1 is 1.71 bits per heavy atom. The standard InChI is InChI=1S/C11H14BrClN2OS/c1-7(17-2)3-4-14-11(16)9-5-8(12)6-15-10(9)13/h5-7H,3-4H2,1-2H3,(H,14,16). The van der Waals surface area contributed by atoms with Crippen LogP contribution in [0, 0.1) is 0 Å². The fraction of sp³-hybridized carbons (Fsp3) is 0.455. The van der Waals surface area contributed by atoms with Crippen LogP contribution in [0.25, 0.3) is 0 Å². The molecule has 0 spiro atoms. The van der Waals surface area contributed by atoms with Gasteiger partial charge in [-0.15, -0.1) is 0 Å². The van der Waals surface area contributed by atoms with Crippen molar-refractivity contribution in [2.45, 2.75) is 18.6 Å². The highest BCUT2D eigenvalue weighted by molar-refractivity contribution is 9.10. The van der Waals surface area contributed by atoms with Crippen LogP contribution in [0.5, 0.6) is 0 Å². The number of hydrogen-bond acceptors (Lipinski definition) is 3. The number of carbonyl (C=O) groups is 1. The number of carbonyl (C=O) groups excluding carboxylic acids is 1. The van der Waals surface area contributed by atoms with Gasteiger partial charge in [-0.05, 0) is 34.7 Å². The quantitative estimate of drug-likeness (QED) is 0.838. The molecule has 0 aromatic carbocycles. The first-order valence-corrected chi connectivity index (χ1v) is 7.62. The predicted octanol–water partition coefficient (Wildman–Crippen LogP) is 3.37. The number of hydrogen-bond donors (Lipinski definition) is 1. The summed E-state index contributed by atoms with van der Waals surface area (Å²) < 4.78 is 0.740. The second-order valence-electron chi connectivity index (χ2n) is 3.58. The molecule has 0 fully saturated rings. The molecule has 0 saturated carbocycles. The molecule has 1 heterocycles. The second kappa shape index (κ2) is 7.24. The molecule has 0 aliphatic rings. The number of pyridine rings is 1. The zero-order valence-electron chi connectivity index (χ0n) is 9.67. The number of aromatic nitrogens is 1. The maximum absolute atomic E-state index is 11.8. The maximum atomic E-state index is 11.8. The summed E-state index contributed by atoms with van der Waals surface area (Å²) in [5.41, 5.74) is 0.401. The summed E-state index contributed by atoms with van der Waals surface area (Å²) in [6, 6.07) is 1.67. The van der Waals surface area contributed by atoms with Crippen LogP contribution in [0.15, 0.2) is 16.7 Å². The van der Waals surface area contributed by atoms with E-state index < -0.39 is 0 Å². The topological polar surface area (TPSA) is 42.0 Å². The second-order valence-corrected chi connectivity index (χ2v) is 6.13. The Balaban J connectivity index is 2.55. The van der Waals surface area contributed by atoms with E-state index in [1.165, 1.54) is 0 Å². The Kier molecular flexibility index (Phi) is 6.30. The van der Waals surface area contributed by atoms with Crippen molar-refractivity contribution < 1.29 is 4.79 Å². The lowest BCUT2D eigenvalue weighted by Gasteiger charge is -2.09. The maximum Gasteiger partial charge on any atom is 0.254 e. The lowest BCUT2D eigenvalue weighted by atomic mass is 10.2. The molecule has 17 heavy (non-hydrogen) atoms. The van der Waals surface area contributed by atoms with Crippen LogP contribution in [0.4, 0.5) is 0 Å². The highest BCUT2D eigenvalue weighted by Gasteiger charge is 2.11. The molecule has 0 aliphatic carbocycles. The van der Waals surface area contributed by atoms with Crippen molar-refractivity contribution in [3.8, 4) is 0 Å². The molecule has 6 heteroatoms. The van der Waals surface area contributed by atoms with Crippen molar-refractivity contribution in [3.63, 3.8) is 0 Å². The van der Waals surface area contributed by atoms with E-state index in [2.05, 4.69) is 39.4 Å². The van der Waals surface area contributed by atoms with Gasteiger partial charge in [0.05, 0.1) is 5.56 Å². The van der Waals surface area contributed by atoms with E-state index in [1.54, 1.807) is 24.0 Å². The number of thioether (sulfide) groups is 1. The predicted molar refractivity (Wildman–Crippen MR) is 76.9 cm³/mol. The van der Waals surface area contributed by atoms with Crippen LogP contribution in [0.3, 0.4) is 0 Å². The summed E-state index contributed by atoms with van der Waals surface area (Å²) in [6.07, 6.45) is 4.56. The van der Waals surface area contributed by atoms with Crippen LogP contribution in [-0.2, 0) is 0 Å². The van der Waals surface area contributed by atoms with Crippen molar-refractivity contribution >= 4 is 45.2 Å². The fourth-order valence-corrected chi connectivity index (χ4v) is 2.06. The number of amides is 1. The van der Waals surface area contributed by atoms with E-state index >= 15 is 0 Å². The van der Waals surface area contributed by atoms with E-state index in [0.29, 0.717) is 17.4 Å². The van der Waals surface area contributed by atoms with Crippen LogP contribution in [0.1, 0.15) is 23.7 Å². The lowest BCUT2D eigenvalue weighted by molar-refractivity contribution is 0.0953. The van der Waals surface area contributed by atoms with Gasteiger partial charge in [-0.2, -0.15) is 11.8 Å². The van der Waals surface area contributed by atoms with Gasteiger partial charge in [-0.1, -0.05) is 18.5 Å². The first-order chi connectivity index (χ1) is 8.04. The van der Waals surface area contributed by atoms with Gasteiger partial charge in [0.25, 0.3) is 5.91 Å². The minimum absolute atomic E-state index is 0.183. The van der Waals surface area contributed by atoms with E-state index in [1.807, 2.05) is 0 Å². The Hall–Kier alpha value is -0.260. The molecule has 1 rings (SSSR count). The van der Waals surface area contributed by atoms with Crippen LogP contribution in [-0.4, -0.2) is 28.9 Å². The van der Waals surface area contributed by atoms with Crippen molar-refractivity contribution in [1.82, 2.24) is 10.3 Å². The van der Waals surface area contributed by atoms with E-state index in [4.69, 9.17) is 11.6 Å². The third kappa shape index (κ3) is 4.85. The van der Waals surface area contributed by atoms with Gasteiger partial charge < -0.3 is 5.32 Å². The molecule has 0 saturated heterocycles. The van der Waals surface area contributed by atoms with E-state index in [0.717, 1.165) is 10.9 Å². The average molecular weight is 338 g/mol. The molecular formula is C11H14BrClN2OS. The molecule has 1 aromatic heterocycles. The Morgan fingerprint density at radius 2 is 2.41 bits per heavy atom. The minimum atomic E-state index is -0.183. The molecular weight excluding hydrogens is 324 g/mol. The molecule has 1 N–H and O–H groups in total. The Morgan fingerprint density at radius 3 is 3.06 bits per heavy atom. The van der Waals surface area contributed by atoms with Gasteiger partial charge in [0, 0.05) is 22.5 Å². The van der Waals surface area contributed by atoms with E-state index in [-0.39, 0.29) is 11.1 Å². The van der Waals surface area contributed by atoms with Crippen LogP contribution < -0.4 is 5.32 Å². The van der Waals surface area contributed by atoms with Crippen molar-refractivity contribution in [1.29, 1.82) is 0 Å². The van der Waals surface area contributed by atoms with Crippen LogP contribution >= 0.6 is 39.3 Å². The molecule has 1 amide bonds. The Labute approximate surface area is 119 Å². The Bertz CT molecular complexity index is 403. The normalized spacial score (nSPS) is 12.2. The van der Waals surface area contributed by atoms with Crippen molar-refractivity contribution in [2.75, 3.05) is 12.8 Å². The SMILES string of the molecule is CSC(C)CCNC(=O)c1cc(Br)cnc1Cl. The monoisotopic (exact) mass is 336 g/mol. The third-order valence-electron chi connectivity index (χ3n) is 2.29. The highest BCUT2D eigenvalue weighted by Crippen LogP contribution is 2.18. The van der Waals surface area contributed by atoms with Crippen LogP contribution in [0.2, 0.25) is 5.15 Å². The fourth-order valence-electron chi connectivity index (χ4n) is 1.18. The summed E-state index contributed by atoms with van der Waals surface area (Å²) in [6.45, 7) is 2.77. The molecule has 1 aromatic rings. The molecule has 1 atom stereocenters. The van der Waals surface area contributed by atoms with Gasteiger partial charge in [-0.25, -0.2) is 4.98 Å². The summed E-state index contributed by atoms with van der Waals surface area (Å²) in [7, 11) is 0. The molecule has 1 unspecified atom stereocenters. The summed E-state index contributed by atoms with van der Waals surface area (Å²) in [5, 5.41) is 3.59. The average Bonchev–Trinajstić information content (AvgIpc) is 2.31. The first-order valence-electron chi connectivity index (χ1n) is 5.16. The molecule has 3 nitrogen and oxygen atoms in total. The van der Waals surface area contributed by atoms with Crippen molar-refractivity contribution in [2.24, 2.45) is 0 Å². The zero-order chi connectivity index (χ0) is 12.8. The molecule has 94 valence electrons. The van der Waals surface area contributed by atoms with Gasteiger partial charge >= 0.3 is 0 Å². The lowest BCUT2D eigenvalue weighted by Crippen LogP contribution is -2.26. The summed E-state index contributed by atoms with van der Waals surface area (Å²) >= 11 is 10.9. The first kappa shape index (κ1) is 14.8. The zero-order valence-corrected chi connectivity index (χ0v) is 12.8. The summed E-state index contributed by atoms with van der Waals surface area (Å²) in [5.74, 6) is -0.183. The minimum Gasteiger partial charge on any atom is -0.352 e. The number of nitrogens with zero attached hydrogens (tertiary/aromatic N) is 1. The smallest absolute Gasteiger partial charge is 0.254 e. The largest absolute Gasteiger partial charge is 0.352 e. The van der Waals surface area contributed by atoms with Crippen molar-refractivity contribution in [3.05, 3.63) is 27.5 Å². The van der Waals surface area contributed by atoms with E-state index in [9.17, 15) is 4.79 Å².